The van der Waals surface area contributed by atoms with Crippen LogP contribution < -0.4 is 14.8 Å². The van der Waals surface area contributed by atoms with E-state index in [2.05, 4.69) is 47.8 Å². The molecule has 140 valence electrons. The van der Waals surface area contributed by atoms with Crippen molar-refractivity contribution < 1.29 is 14.3 Å². The molecule has 1 unspecified atom stereocenters. The highest BCUT2D eigenvalue weighted by Crippen LogP contribution is 2.32. The molecule has 0 saturated heterocycles. The third-order valence-electron chi connectivity index (χ3n) is 4.27. The van der Waals surface area contributed by atoms with Gasteiger partial charge in [0.2, 0.25) is 0 Å². The van der Waals surface area contributed by atoms with Gasteiger partial charge in [0.1, 0.15) is 11.5 Å². The Kier molecular flexibility index (Phi) is 7.32. The quantitative estimate of drug-likeness (QED) is 0.584. The maximum Gasteiger partial charge on any atom is 0.258 e. The molecule has 0 aromatic heterocycles. The predicted octanol–water partition coefficient (Wildman–Crippen LogP) is 4.99. The summed E-state index contributed by atoms with van der Waals surface area (Å²) < 4.78 is 12.2. The number of carbonyl (C=O) groups is 1. The topological polar surface area (TPSA) is 47.6 Å². The molecule has 0 bridgehead atoms. The molecule has 5 heteroatoms. The first-order valence-corrected chi connectivity index (χ1v) is 9.75. The van der Waals surface area contributed by atoms with Gasteiger partial charge in [-0.15, -0.1) is 0 Å². The van der Waals surface area contributed by atoms with Crippen LogP contribution in [0.3, 0.4) is 0 Å². The van der Waals surface area contributed by atoms with Crippen molar-refractivity contribution in [2.75, 3.05) is 13.7 Å². The van der Waals surface area contributed by atoms with E-state index in [9.17, 15) is 4.79 Å². The summed E-state index contributed by atoms with van der Waals surface area (Å²) in [5, 5.41) is 3.02. The molecule has 1 atom stereocenters. The monoisotopic (exact) mass is 467 g/mol. The number of halogens is 1. The summed E-state index contributed by atoms with van der Waals surface area (Å²) in [7, 11) is 1.69. The lowest BCUT2D eigenvalue weighted by Gasteiger charge is -2.21. The molecule has 0 heterocycles. The number of rotatable bonds is 7. The van der Waals surface area contributed by atoms with E-state index in [-0.39, 0.29) is 18.6 Å². The summed E-state index contributed by atoms with van der Waals surface area (Å²) in [4.78, 5) is 12.3. The zero-order valence-electron chi connectivity index (χ0n) is 15.9. The van der Waals surface area contributed by atoms with Crippen molar-refractivity contribution in [3.05, 3.63) is 56.7 Å². The van der Waals surface area contributed by atoms with Crippen LogP contribution in [0.4, 0.5) is 0 Å². The van der Waals surface area contributed by atoms with Crippen molar-refractivity contribution in [1.82, 2.24) is 5.32 Å². The van der Waals surface area contributed by atoms with Gasteiger partial charge < -0.3 is 14.8 Å². The van der Waals surface area contributed by atoms with Crippen molar-refractivity contribution in [3.8, 4) is 11.5 Å². The Bertz CT molecular complexity index is 757. The van der Waals surface area contributed by atoms with Crippen molar-refractivity contribution in [3.63, 3.8) is 0 Å². The zero-order valence-corrected chi connectivity index (χ0v) is 18.1. The van der Waals surface area contributed by atoms with Crippen LogP contribution in [-0.4, -0.2) is 19.6 Å². The molecule has 2 rings (SSSR count). The number of ether oxygens (including phenoxy) is 2. The van der Waals surface area contributed by atoms with Crippen molar-refractivity contribution >= 4 is 28.5 Å². The fraction of sp³-hybridized carbons (Fsp3) is 0.381. The number of hydrogen-bond donors (Lipinski definition) is 1. The average Bonchev–Trinajstić information content (AvgIpc) is 2.60. The second kappa shape index (κ2) is 9.26. The van der Waals surface area contributed by atoms with Crippen LogP contribution in [0.15, 0.2) is 36.4 Å². The SMILES string of the molecule is COc1cc(C)c(C(C)NC(=O)COc2ccc(I)cc2)cc1C(C)C. The Morgan fingerprint density at radius 3 is 2.35 bits per heavy atom. The van der Waals surface area contributed by atoms with E-state index in [1.54, 1.807) is 7.11 Å². The van der Waals surface area contributed by atoms with E-state index < -0.39 is 0 Å². The maximum absolute atomic E-state index is 12.3. The summed E-state index contributed by atoms with van der Waals surface area (Å²) in [5.41, 5.74) is 3.33. The van der Waals surface area contributed by atoms with Crippen LogP contribution in [0.25, 0.3) is 0 Å². The van der Waals surface area contributed by atoms with Crippen LogP contribution in [0.5, 0.6) is 11.5 Å². The lowest BCUT2D eigenvalue weighted by molar-refractivity contribution is -0.123. The second-order valence-corrected chi connectivity index (χ2v) is 7.88. The number of hydrogen-bond acceptors (Lipinski definition) is 3. The molecule has 0 spiro atoms. The van der Waals surface area contributed by atoms with E-state index in [0.717, 1.165) is 26.0 Å². The van der Waals surface area contributed by atoms with Crippen molar-refractivity contribution in [1.29, 1.82) is 0 Å². The summed E-state index contributed by atoms with van der Waals surface area (Å²) in [6.45, 7) is 8.29. The molecule has 0 fully saturated rings. The third-order valence-corrected chi connectivity index (χ3v) is 4.99. The molecule has 0 radical (unpaired) electrons. The summed E-state index contributed by atoms with van der Waals surface area (Å²) in [6, 6.07) is 11.7. The van der Waals surface area contributed by atoms with Crippen LogP contribution in [-0.2, 0) is 4.79 Å². The van der Waals surface area contributed by atoms with Crippen LogP contribution in [0.2, 0.25) is 0 Å². The fourth-order valence-corrected chi connectivity index (χ4v) is 3.21. The largest absolute Gasteiger partial charge is 0.496 e. The molecule has 2 aromatic rings. The van der Waals surface area contributed by atoms with Gasteiger partial charge in [-0.25, -0.2) is 0 Å². The number of amides is 1. The number of aryl methyl sites for hydroxylation is 1. The first-order chi connectivity index (χ1) is 12.3. The minimum absolute atomic E-state index is 0.00281. The van der Waals surface area contributed by atoms with Gasteiger partial charge >= 0.3 is 0 Å². The van der Waals surface area contributed by atoms with Gasteiger partial charge in [-0.1, -0.05) is 13.8 Å². The highest BCUT2D eigenvalue weighted by atomic mass is 127. The third kappa shape index (κ3) is 5.37. The minimum Gasteiger partial charge on any atom is -0.496 e. The molecular weight excluding hydrogens is 441 g/mol. The van der Waals surface area contributed by atoms with Gasteiger partial charge in [-0.3, -0.25) is 4.79 Å². The smallest absolute Gasteiger partial charge is 0.258 e. The molecule has 4 nitrogen and oxygen atoms in total. The fourth-order valence-electron chi connectivity index (χ4n) is 2.85. The van der Waals surface area contributed by atoms with E-state index in [1.165, 1.54) is 0 Å². The Hall–Kier alpha value is -1.76. The van der Waals surface area contributed by atoms with Gasteiger partial charge in [-0.2, -0.15) is 0 Å². The molecular formula is C21H26INO3. The van der Waals surface area contributed by atoms with E-state index in [4.69, 9.17) is 9.47 Å². The Labute approximate surface area is 169 Å². The Morgan fingerprint density at radius 1 is 1.12 bits per heavy atom. The first kappa shape index (κ1) is 20.6. The highest BCUT2D eigenvalue weighted by Gasteiger charge is 2.17. The lowest BCUT2D eigenvalue weighted by Crippen LogP contribution is -2.31. The molecule has 1 amide bonds. The molecule has 0 aliphatic rings. The van der Waals surface area contributed by atoms with Gasteiger partial charge in [-0.05, 0) is 95.4 Å². The lowest BCUT2D eigenvalue weighted by atomic mass is 9.93. The van der Waals surface area contributed by atoms with Gasteiger partial charge in [0.15, 0.2) is 6.61 Å². The zero-order chi connectivity index (χ0) is 19.3. The van der Waals surface area contributed by atoms with Crippen molar-refractivity contribution in [2.45, 2.75) is 39.7 Å². The van der Waals surface area contributed by atoms with Gasteiger partial charge in [0, 0.05) is 3.57 Å². The number of benzene rings is 2. The standard InChI is InChI=1S/C21H26INO3/c1-13(2)18-11-19(14(3)10-20(18)25-5)15(4)23-21(24)12-26-17-8-6-16(22)7-9-17/h6-11,13,15H,12H2,1-5H3,(H,23,24). The minimum atomic E-state index is -0.141. The van der Waals surface area contributed by atoms with E-state index in [1.807, 2.05) is 44.2 Å². The molecule has 26 heavy (non-hydrogen) atoms. The summed E-state index contributed by atoms with van der Waals surface area (Å²) >= 11 is 2.23. The van der Waals surface area contributed by atoms with Gasteiger partial charge in [0.25, 0.3) is 5.91 Å². The summed E-state index contributed by atoms with van der Waals surface area (Å²) in [5.74, 6) is 1.78. The first-order valence-electron chi connectivity index (χ1n) is 8.68. The summed E-state index contributed by atoms with van der Waals surface area (Å²) in [6.07, 6.45) is 0. The van der Waals surface area contributed by atoms with Crippen LogP contribution in [0.1, 0.15) is 49.4 Å². The number of carbonyl (C=O) groups excluding carboxylic acids is 1. The molecule has 2 aromatic carbocycles. The predicted molar refractivity (Wildman–Crippen MR) is 113 cm³/mol. The Morgan fingerprint density at radius 2 is 1.77 bits per heavy atom. The number of methoxy groups -OCH3 is 1. The normalized spacial score (nSPS) is 12.0. The maximum atomic E-state index is 12.3. The van der Waals surface area contributed by atoms with Crippen LogP contribution >= 0.6 is 22.6 Å². The van der Waals surface area contributed by atoms with Crippen molar-refractivity contribution in [2.24, 2.45) is 0 Å². The molecule has 0 aliphatic carbocycles. The molecule has 1 N–H and O–H groups in total. The molecule has 0 saturated carbocycles. The highest BCUT2D eigenvalue weighted by molar-refractivity contribution is 14.1. The van der Waals surface area contributed by atoms with E-state index in [0.29, 0.717) is 11.7 Å². The van der Waals surface area contributed by atoms with Crippen LogP contribution in [0, 0.1) is 10.5 Å². The van der Waals surface area contributed by atoms with E-state index >= 15 is 0 Å². The van der Waals surface area contributed by atoms with Gasteiger partial charge in [0.05, 0.1) is 13.2 Å². The average molecular weight is 467 g/mol. The number of nitrogens with one attached hydrogen (secondary N) is 1. The molecule has 0 aliphatic heterocycles. The Balaban J connectivity index is 2.04. The second-order valence-electron chi connectivity index (χ2n) is 6.64.